The predicted molar refractivity (Wildman–Crippen MR) is 136 cm³/mol. The van der Waals surface area contributed by atoms with Crippen LogP contribution in [0, 0.1) is 0 Å². The number of phosphoric ester groups is 1. The minimum absolute atomic E-state index is 0.0116. The predicted octanol–water partition coefficient (Wildman–Crippen LogP) is 4.54. The van der Waals surface area contributed by atoms with E-state index in [2.05, 4.69) is 12.2 Å². The van der Waals surface area contributed by atoms with Crippen LogP contribution in [0.2, 0.25) is 0 Å². The van der Waals surface area contributed by atoms with E-state index >= 15 is 0 Å². The van der Waals surface area contributed by atoms with E-state index in [9.17, 15) is 19.4 Å². The molecule has 0 aromatic carbocycles. The number of carbonyl (C=O) groups is 1. The fourth-order valence-corrected chi connectivity index (χ4v) is 4.31. The summed E-state index contributed by atoms with van der Waals surface area (Å²) in [6, 6.07) is -0.788. The second-order valence-electron chi connectivity index (χ2n) is 10.4. The number of aliphatic hydroxyl groups excluding tert-OH is 1. The number of quaternary nitrogens is 1. The molecule has 0 rings (SSSR count). The minimum atomic E-state index is -4.50. The Balaban J connectivity index is 4.19. The molecule has 0 fully saturated rings. The molecule has 0 aromatic rings. The number of aliphatic hydroxyl groups is 1. The molecule has 9 heteroatoms. The molecule has 8 nitrogen and oxygen atoms in total. The second-order valence-corrected chi connectivity index (χ2v) is 11.8. The molecule has 0 aliphatic carbocycles. The summed E-state index contributed by atoms with van der Waals surface area (Å²) in [5.74, 6) is -0.256. The Bertz CT molecular complexity index is 556. The number of likely N-dealkylation sites (N-methyl/N-ethyl adjacent to an activating group) is 1. The second kappa shape index (κ2) is 19.7. The lowest BCUT2D eigenvalue weighted by atomic mass is 10.0. The van der Waals surface area contributed by atoms with E-state index in [1.165, 1.54) is 57.8 Å². The zero-order chi connectivity index (χ0) is 25.9. The van der Waals surface area contributed by atoms with Crippen molar-refractivity contribution in [2.45, 2.75) is 116 Å². The van der Waals surface area contributed by atoms with Crippen molar-refractivity contribution in [1.82, 2.24) is 5.32 Å². The Morgan fingerprint density at radius 2 is 1.41 bits per heavy atom. The summed E-state index contributed by atoms with van der Waals surface area (Å²) in [6.07, 6.45) is 14.6. The van der Waals surface area contributed by atoms with Gasteiger partial charge >= 0.3 is 0 Å². The maximum atomic E-state index is 12.1. The lowest BCUT2D eigenvalue weighted by molar-refractivity contribution is -0.870. The molecule has 2 N–H and O–H groups in total. The van der Waals surface area contributed by atoms with Crippen LogP contribution in [-0.4, -0.2) is 68.5 Å². The van der Waals surface area contributed by atoms with E-state index in [-0.39, 0.29) is 25.5 Å². The molecular weight excluding hydrogens is 455 g/mol. The molecule has 0 aliphatic rings. The summed E-state index contributed by atoms with van der Waals surface area (Å²) in [6.45, 7) is 4.13. The molecule has 204 valence electrons. The van der Waals surface area contributed by atoms with Gasteiger partial charge in [0.1, 0.15) is 13.2 Å². The molecule has 0 aliphatic heterocycles. The normalized spacial score (nSPS) is 15.6. The Morgan fingerprint density at radius 3 is 1.88 bits per heavy atom. The fourth-order valence-electron chi connectivity index (χ4n) is 3.59. The largest absolute Gasteiger partial charge is 0.756 e. The molecule has 0 saturated heterocycles. The van der Waals surface area contributed by atoms with Crippen molar-refractivity contribution in [3.05, 3.63) is 0 Å². The lowest BCUT2D eigenvalue weighted by Gasteiger charge is -2.30. The van der Waals surface area contributed by atoms with Gasteiger partial charge in [0.25, 0.3) is 7.82 Å². The van der Waals surface area contributed by atoms with Crippen molar-refractivity contribution in [2.75, 3.05) is 40.9 Å². The highest BCUT2D eigenvalue weighted by Gasteiger charge is 2.24. The van der Waals surface area contributed by atoms with Gasteiger partial charge in [-0.05, 0) is 6.42 Å². The number of hydrogen-bond donors (Lipinski definition) is 2. The maximum absolute atomic E-state index is 12.1. The first-order chi connectivity index (χ1) is 16.0. The first-order valence-corrected chi connectivity index (χ1v) is 14.8. The van der Waals surface area contributed by atoms with Crippen LogP contribution in [0.25, 0.3) is 0 Å². The number of rotatable bonds is 23. The van der Waals surface area contributed by atoms with E-state index in [1.807, 2.05) is 21.1 Å². The van der Waals surface area contributed by atoms with Gasteiger partial charge in [0, 0.05) is 6.42 Å². The molecule has 0 bridgehead atoms. The van der Waals surface area contributed by atoms with E-state index in [0.717, 1.165) is 19.3 Å². The fraction of sp³-hybridized carbons (Fsp3) is 0.960. The van der Waals surface area contributed by atoms with Crippen LogP contribution in [0.3, 0.4) is 0 Å². The third-order valence-corrected chi connectivity index (χ3v) is 6.87. The maximum Gasteiger partial charge on any atom is 0.268 e. The molecule has 3 unspecified atom stereocenters. The molecular formula is C25H53N2O6P. The van der Waals surface area contributed by atoms with Crippen molar-refractivity contribution in [1.29, 1.82) is 0 Å². The Hall–Kier alpha value is -0.500. The number of amides is 1. The minimum Gasteiger partial charge on any atom is -0.756 e. The van der Waals surface area contributed by atoms with Crippen LogP contribution in [0.1, 0.15) is 104 Å². The van der Waals surface area contributed by atoms with Gasteiger partial charge in [0.2, 0.25) is 5.91 Å². The van der Waals surface area contributed by atoms with Crippen LogP contribution < -0.4 is 10.2 Å². The van der Waals surface area contributed by atoms with E-state index in [4.69, 9.17) is 9.05 Å². The van der Waals surface area contributed by atoms with Gasteiger partial charge in [-0.3, -0.25) is 9.36 Å². The van der Waals surface area contributed by atoms with Crippen molar-refractivity contribution in [3.63, 3.8) is 0 Å². The van der Waals surface area contributed by atoms with Gasteiger partial charge in [-0.25, -0.2) is 0 Å². The van der Waals surface area contributed by atoms with Crippen LogP contribution in [0.5, 0.6) is 0 Å². The third kappa shape index (κ3) is 20.8. The standard InChI is InChI=1S/C25H53N2O6P/c1-6-8-9-10-11-12-13-14-15-16-17-18-19-24(28)23(26-25(29)7-2)22-33-34(30,31)32-21-20-27(3,4)5/h23-24,28H,6-22H2,1-5H3,(H-,26,29,30,31). The summed E-state index contributed by atoms with van der Waals surface area (Å²) in [5, 5.41) is 13.2. The van der Waals surface area contributed by atoms with Crippen LogP contribution in [-0.2, 0) is 18.4 Å². The molecule has 3 atom stereocenters. The summed E-state index contributed by atoms with van der Waals surface area (Å²) in [7, 11) is 1.29. The number of nitrogens with zero attached hydrogens (tertiary/aromatic N) is 1. The Morgan fingerprint density at radius 1 is 0.912 bits per heavy atom. The first kappa shape index (κ1) is 33.5. The van der Waals surface area contributed by atoms with E-state index < -0.39 is 20.0 Å². The quantitative estimate of drug-likeness (QED) is 0.119. The highest BCUT2D eigenvalue weighted by Crippen LogP contribution is 2.38. The zero-order valence-electron chi connectivity index (χ0n) is 22.6. The summed E-state index contributed by atoms with van der Waals surface area (Å²) < 4.78 is 22.5. The highest BCUT2D eigenvalue weighted by atomic mass is 31.2. The lowest BCUT2D eigenvalue weighted by Crippen LogP contribution is -2.46. The third-order valence-electron chi connectivity index (χ3n) is 5.91. The number of hydrogen-bond acceptors (Lipinski definition) is 6. The smallest absolute Gasteiger partial charge is 0.268 e. The average Bonchev–Trinajstić information content (AvgIpc) is 2.75. The Labute approximate surface area is 209 Å². The molecule has 0 radical (unpaired) electrons. The van der Waals surface area contributed by atoms with Gasteiger partial charge in [-0.2, -0.15) is 0 Å². The zero-order valence-corrected chi connectivity index (χ0v) is 23.5. The van der Waals surface area contributed by atoms with Gasteiger partial charge in [0.05, 0.1) is 39.9 Å². The number of nitrogens with one attached hydrogen (secondary N) is 1. The SMILES string of the molecule is CCCCCCCCCCCCCCC(O)C(COP(=O)([O-])OCC[N+](C)(C)C)NC(=O)CC. The first-order valence-electron chi connectivity index (χ1n) is 13.4. The highest BCUT2D eigenvalue weighted by molar-refractivity contribution is 7.45. The monoisotopic (exact) mass is 508 g/mol. The summed E-state index contributed by atoms with van der Waals surface area (Å²) in [4.78, 5) is 23.9. The summed E-state index contributed by atoms with van der Waals surface area (Å²) in [5.41, 5.74) is 0. The van der Waals surface area contributed by atoms with Gasteiger partial charge in [-0.1, -0.05) is 90.9 Å². The molecule has 34 heavy (non-hydrogen) atoms. The molecule has 0 heterocycles. The van der Waals surface area contributed by atoms with Crippen molar-refractivity contribution in [3.8, 4) is 0 Å². The van der Waals surface area contributed by atoms with E-state index in [0.29, 0.717) is 17.4 Å². The average molecular weight is 509 g/mol. The number of phosphoric acid groups is 1. The topological polar surface area (TPSA) is 108 Å². The molecule has 0 spiro atoms. The molecule has 1 amide bonds. The van der Waals surface area contributed by atoms with Gasteiger partial charge in [0.15, 0.2) is 0 Å². The number of unbranched alkanes of at least 4 members (excludes halogenated alkanes) is 11. The molecule has 0 saturated carbocycles. The van der Waals surface area contributed by atoms with Gasteiger partial charge in [-0.15, -0.1) is 0 Å². The van der Waals surface area contributed by atoms with Gasteiger partial charge < -0.3 is 28.8 Å². The van der Waals surface area contributed by atoms with Crippen LogP contribution in [0.4, 0.5) is 0 Å². The van der Waals surface area contributed by atoms with E-state index in [1.54, 1.807) is 6.92 Å². The van der Waals surface area contributed by atoms with Crippen molar-refractivity contribution in [2.24, 2.45) is 0 Å². The van der Waals surface area contributed by atoms with Crippen LogP contribution in [0.15, 0.2) is 0 Å². The molecule has 0 aromatic heterocycles. The summed E-state index contributed by atoms with van der Waals surface area (Å²) >= 11 is 0. The van der Waals surface area contributed by atoms with Crippen molar-refractivity contribution < 1.29 is 32.9 Å². The number of carbonyl (C=O) groups excluding carboxylic acids is 1. The van der Waals surface area contributed by atoms with Crippen LogP contribution >= 0.6 is 7.82 Å². The Kier molecular flexibility index (Phi) is 19.4. The van der Waals surface area contributed by atoms with Crippen molar-refractivity contribution >= 4 is 13.7 Å².